The topological polar surface area (TPSA) is 34.1 Å². The van der Waals surface area contributed by atoms with Gasteiger partial charge in [0.1, 0.15) is 18.2 Å². The summed E-state index contributed by atoms with van der Waals surface area (Å²) in [4.78, 5) is 3.94. The number of nitrogens with one attached hydrogen (secondary N) is 1. The van der Waals surface area contributed by atoms with Crippen molar-refractivity contribution < 1.29 is 9.13 Å². The molecule has 0 saturated carbocycles. The van der Waals surface area contributed by atoms with Crippen LogP contribution in [0.2, 0.25) is 0 Å². The van der Waals surface area contributed by atoms with Crippen molar-refractivity contribution in [3.05, 3.63) is 59.7 Å². The van der Waals surface area contributed by atoms with Gasteiger partial charge in [-0.25, -0.2) is 4.39 Å². The van der Waals surface area contributed by atoms with E-state index in [1.165, 1.54) is 12.1 Å². The summed E-state index contributed by atoms with van der Waals surface area (Å²) in [5, 5.41) is 3.16. The highest BCUT2D eigenvalue weighted by atomic mass is 19.1. The molecule has 0 saturated heterocycles. The van der Waals surface area contributed by atoms with Crippen LogP contribution in [-0.4, -0.2) is 11.5 Å². The van der Waals surface area contributed by atoms with Gasteiger partial charge in [-0.15, -0.1) is 0 Å². The molecule has 0 aliphatic heterocycles. The highest BCUT2D eigenvalue weighted by Crippen LogP contribution is 2.17. The lowest BCUT2D eigenvalue weighted by Gasteiger charge is -2.09. The Labute approximate surface area is 112 Å². The van der Waals surface area contributed by atoms with Crippen molar-refractivity contribution in [2.24, 2.45) is 0 Å². The number of rotatable bonds is 6. The van der Waals surface area contributed by atoms with Gasteiger partial charge in [-0.1, -0.05) is 6.92 Å². The largest absolute Gasteiger partial charge is 0.489 e. The minimum absolute atomic E-state index is 0.278. The quantitative estimate of drug-likeness (QED) is 0.867. The van der Waals surface area contributed by atoms with Crippen molar-refractivity contribution in [3.8, 4) is 5.75 Å². The van der Waals surface area contributed by atoms with E-state index in [4.69, 9.17) is 4.74 Å². The van der Waals surface area contributed by atoms with Crippen LogP contribution in [0.4, 0.5) is 4.39 Å². The third kappa shape index (κ3) is 4.34. The molecule has 1 N–H and O–H groups in total. The van der Waals surface area contributed by atoms with E-state index in [1.54, 1.807) is 12.4 Å². The number of hydrogen-bond donors (Lipinski definition) is 1. The molecule has 0 fully saturated rings. The van der Waals surface area contributed by atoms with Crippen LogP contribution < -0.4 is 10.1 Å². The lowest BCUT2D eigenvalue weighted by molar-refractivity contribution is 0.304. The molecule has 4 heteroatoms. The van der Waals surface area contributed by atoms with E-state index in [2.05, 4.69) is 10.3 Å². The van der Waals surface area contributed by atoms with Crippen molar-refractivity contribution in [2.45, 2.75) is 20.1 Å². The minimum atomic E-state index is -0.278. The van der Waals surface area contributed by atoms with Crippen LogP contribution in [-0.2, 0) is 13.2 Å². The molecule has 19 heavy (non-hydrogen) atoms. The third-order valence-corrected chi connectivity index (χ3v) is 2.67. The van der Waals surface area contributed by atoms with E-state index in [9.17, 15) is 4.39 Å². The molecule has 100 valence electrons. The molecule has 0 aliphatic rings. The Bertz CT molecular complexity index is 517. The third-order valence-electron chi connectivity index (χ3n) is 2.67. The molecule has 2 aromatic rings. The zero-order valence-corrected chi connectivity index (χ0v) is 10.9. The van der Waals surface area contributed by atoms with Gasteiger partial charge in [0.25, 0.3) is 0 Å². The number of ether oxygens (including phenoxy) is 1. The number of benzene rings is 1. The second kappa shape index (κ2) is 6.85. The zero-order valence-electron chi connectivity index (χ0n) is 10.9. The second-order valence-corrected chi connectivity index (χ2v) is 4.22. The van der Waals surface area contributed by atoms with Gasteiger partial charge in [0.2, 0.25) is 0 Å². The van der Waals surface area contributed by atoms with Crippen molar-refractivity contribution in [2.75, 3.05) is 6.54 Å². The van der Waals surface area contributed by atoms with E-state index < -0.39 is 0 Å². The van der Waals surface area contributed by atoms with Gasteiger partial charge in [-0.2, -0.15) is 0 Å². The first kappa shape index (κ1) is 13.5. The van der Waals surface area contributed by atoms with E-state index in [0.29, 0.717) is 18.9 Å². The lowest BCUT2D eigenvalue weighted by atomic mass is 10.2. The smallest absolute Gasteiger partial charge is 0.127 e. The van der Waals surface area contributed by atoms with Crippen LogP contribution in [0.1, 0.15) is 18.1 Å². The van der Waals surface area contributed by atoms with Gasteiger partial charge in [-0.3, -0.25) is 4.98 Å². The summed E-state index contributed by atoms with van der Waals surface area (Å²) in [6.07, 6.45) is 3.42. The summed E-state index contributed by atoms with van der Waals surface area (Å²) in [5.41, 5.74) is 1.89. The molecule has 0 atom stereocenters. The van der Waals surface area contributed by atoms with Gasteiger partial charge >= 0.3 is 0 Å². The first-order valence-corrected chi connectivity index (χ1v) is 6.30. The summed E-state index contributed by atoms with van der Waals surface area (Å²) in [5.74, 6) is 0.268. The van der Waals surface area contributed by atoms with Crippen LogP contribution in [0, 0.1) is 5.82 Å². The monoisotopic (exact) mass is 260 g/mol. The summed E-state index contributed by atoms with van der Waals surface area (Å²) in [6.45, 7) is 3.91. The zero-order chi connectivity index (χ0) is 13.5. The standard InChI is InChI=1S/C15H17FN2O/c1-2-17-10-13-7-14(16)9-15(8-13)19-11-12-3-5-18-6-4-12/h3-9,17H,2,10-11H2,1H3. The molecular formula is C15H17FN2O. The van der Waals surface area contributed by atoms with Crippen molar-refractivity contribution in [1.82, 2.24) is 10.3 Å². The van der Waals surface area contributed by atoms with Crippen LogP contribution in [0.3, 0.4) is 0 Å². The Morgan fingerprint density at radius 1 is 1.16 bits per heavy atom. The maximum atomic E-state index is 13.5. The number of aromatic nitrogens is 1. The molecule has 0 unspecified atom stereocenters. The first-order chi connectivity index (χ1) is 9.28. The first-order valence-electron chi connectivity index (χ1n) is 6.30. The van der Waals surface area contributed by atoms with Crippen LogP contribution in [0.15, 0.2) is 42.7 Å². The Hall–Kier alpha value is -1.94. The fraction of sp³-hybridized carbons (Fsp3) is 0.267. The van der Waals surface area contributed by atoms with Gasteiger partial charge in [-0.05, 0) is 41.9 Å². The average molecular weight is 260 g/mol. The van der Waals surface area contributed by atoms with E-state index in [-0.39, 0.29) is 5.82 Å². The average Bonchev–Trinajstić information content (AvgIpc) is 2.43. The molecule has 0 spiro atoms. The molecule has 0 amide bonds. The Kier molecular flexibility index (Phi) is 4.86. The second-order valence-electron chi connectivity index (χ2n) is 4.22. The number of halogens is 1. The van der Waals surface area contributed by atoms with Crippen LogP contribution in [0.5, 0.6) is 5.75 Å². The summed E-state index contributed by atoms with van der Waals surface area (Å²) < 4.78 is 19.1. The SMILES string of the molecule is CCNCc1cc(F)cc(OCc2ccncc2)c1. The molecule has 3 nitrogen and oxygen atoms in total. The fourth-order valence-electron chi connectivity index (χ4n) is 1.72. The maximum absolute atomic E-state index is 13.5. The highest BCUT2D eigenvalue weighted by molar-refractivity contribution is 5.30. The predicted molar refractivity (Wildman–Crippen MR) is 72.3 cm³/mol. The number of nitrogens with zero attached hydrogens (tertiary/aromatic N) is 1. The maximum Gasteiger partial charge on any atom is 0.127 e. The van der Waals surface area contributed by atoms with Gasteiger partial charge < -0.3 is 10.1 Å². The number of hydrogen-bond acceptors (Lipinski definition) is 3. The molecular weight excluding hydrogens is 243 g/mol. The Morgan fingerprint density at radius 2 is 1.95 bits per heavy atom. The minimum Gasteiger partial charge on any atom is -0.489 e. The van der Waals surface area contributed by atoms with Gasteiger partial charge in [0.05, 0.1) is 0 Å². The van der Waals surface area contributed by atoms with Crippen molar-refractivity contribution in [3.63, 3.8) is 0 Å². The molecule has 1 aromatic carbocycles. The molecule has 1 aromatic heterocycles. The Morgan fingerprint density at radius 3 is 2.68 bits per heavy atom. The van der Waals surface area contributed by atoms with Gasteiger partial charge in [0.15, 0.2) is 0 Å². The molecule has 2 rings (SSSR count). The van der Waals surface area contributed by atoms with Crippen molar-refractivity contribution >= 4 is 0 Å². The molecule has 0 bridgehead atoms. The molecule has 0 radical (unpaired) electrons. The van der Waals surface area contributed by atoms with Crippen LogP contribution >= 0.6 is 0 Å². The van der Waals surface area contributed by atoms with Gasteiger partial charge in [0, 0.05) is 25.0 Å². The molecule has 0 aliphatic carbocycles. The summed E-state index contributed by atoms with van der Waals surface area (Å²) in [7, 11) is 0. The highest BCUT2D eigenvalue weighted by Gasteiger charge is 2.02. The summed E-state index contributed by atoms with van der Waals surface area (Å²) >= 11 is 0. The lowest BCUT2D eigenvalue weighted by Crippen LogP contribution is -2.12. The van der Waals surface area contributed by atoms with E-state index >= 15 is 0 Å². The fourth-order valence-corrected chi connectivity index (χ4v) is 1.72. The van der Waals surface area contributed by atoms with Crippen LogP contribution in [0.25, 0.3) is 0 Å². The van der Waals surface area contributed by atoms with E-state index in [1.807, 2.05) is 25.1 Å². The van der Waals surface area contributed by atoms with E-state index in [0.717, 1.165) is 17.7 Å². The molecule has 1 heterocycles. The normalized spacial score (nSPS) is 10.4. The summed E-state index contributed by atoms with van der Waals surface area (Å²) in [6, 6.07) is 8.52. The Balaban J connectivity index is 2.01. The van der Waals surface area contributed by atoms with Crippen molar-refractivity contribution in [1.29, 1.82) is 0 Å². The predicted octanol–water partition coefficient (Wildman–Crippen LogP) is 2.91. The number of pyridine rings is 1.